The molecule has 7 N–H and O–H groups in total. The summed E-state index contributed by atoms with van der Waals surface area (Å²) < 4.78 is 0.213. The fraction of sp³-hybridized carbons (Fsp3) is 0.800. The molecular formula is C20H38N6O2S. The Bertz CT molecular complexity index is 557. The van der Waals surface area contributed by atoms with Crippen LogP contribution < -0.4 is 16.8 Å². The van der Waals surface area contributed by atoms with Crippen molar-refractivity contribution in [2.45, 2.75) is 82.4 Å². The SMILES string of the molecule is CC(=O)N[C@H](CSC1(C)CCC1)C(=O)N(CCCCC(=N)N)CCCCC(=N)N. The minimum atomic E-state index is -0.532. The molecule has 29 heavy (non-hydrogen) atoms. The second kappa shape index (κ2) is 12.7. The van der Waals surface area contributed by atoms with E-state index in [-0.39, 0.29) is 28.2 Å². The van der Waals surface area contributed by atoms with E-state index in [9.17, 15) is 9.59 Å². The van der Waals surface area contributed by atoms with Crippen LogP contribution in [-0.2, 0) is 9.59 Å². The zero-order valence-electron chi connectivity index (χ0n) is 17.9. The maximum Gasteiger partial charge on any atom is 0.246 e. The normalized spacial score (nSPS) is 15.8. The van der Waals surface area contributed by atoms with Gasteiger partial charge in [0.25, 0.3) is 0 Å². The Morgan fingerprint density at radius 1 is 1.07 bits per heavy atom. The zero-order valence-corrected chi connectivity index (χ0v) is 18.7. The number of nitrogens with two attached hydrogens (primary N) is 2. The van der Waals surface area contributed by atoms with Gasteiger partial charge in [0.1, 0.15) is 6.04 Å². The van der Waals surface area contributed by atoms with Gasteiger partial charge in [0.15, 0.2) is 0 Å². The molecule has 0 radical (unpaired) electrons. The summed E-state index contributed by atoms with van der Waals surface area (Å²) in [6.45, 7) is 4.81. The summed E-state index contributed by atoms with van der Waals surface area (Å²) in [5.41, 5.74) is 10.8. The average molecular weight is 427 g/mol. The highest BCUT2D eigenvalue weighted by Gasteiger charge is 2.35. The summed E-state index contributed by atoms with van der Waals surface area (Å²) in [5.74, 6) is 0.639. The van der Waals surface area contributed by atoms with E-state index >= 15 is 0 Å². The Morgan fingerprint density at radius 3 is 1.97 bits per heavy atom. The fourth-order valence-corrected chi connectivity index (χ4v) is 4.68. The number of thioether (sulfide) groups is 1. The van der Waals surface area contributed by atoms with Gasteiger partial charge in [-0.2, -0.15) is 11.8 Å². The smallest absolute Gasteiger partial charge is 0.246 e. The van der Waals surface area contributed by atoms with E-state index in [2.05, 4.69) is 12.2 Å². The molecule has 1 atom stereocenters. The lowest BCUT2D eigenvalue weighted by atomic mass is 9.86. The molecule has 1 fully saturated rings. The minimum Gasteiger partial charge on any atom is -0.388 e. The van der Waals surface area contributed by atoms with Gasteiger partial charge >= 0.3 is 0 Å². The first kappa shape index (κ1) is 25.3. The number of nitrogens with zero attached hydrogens (tertiary/aromatic N) is 1. The van der Waals surface area contributed by atoms with Crippen molar-refractivity contribution in [1.29, 1.82) is 10.8 Å². The molecule has 1 saturated carbocycles. The molecule has 0 aromatic carbocycles. The molecule has 0 spiro atoms. The number of unbranched alkanes of at least 4 members (excludes halogenated alkanes) is 2. The number of hydrogen-bond donors (Lipinski definition) is 5. The van der Waals surface area contributed by atoms with Crippen molar-refractivity contribution in [2.24, 2.45) is 11.5 Å². The molecule has 2 amide bonds. The molecule has 9 heteroatoms. The lowest BCUT2D eigenvalue weighted by Gasteiger charge is -2.39. The molecular weight excluding hydrogens is 388 g/mol. The summed E-state index contributed by atoms with van der Waals surface area (Å²) in [6, 6.07) is -0.532. The van der Waals surface area contributed by atoms with Gasteiger partial charge in [0.05, 0.1) is 11.7 Å². The largest absolute Gasteiger partial charge is 0.388 e. The number of carbonyl (C=O) groups excluding carboxylic acids is 2. The van der Waals surface area contributed by atoms with Gasteiger partial charge < -0.3 is 21.7 Å². The summed E-state index contributed by atoms with van der Waals surface area (Å²) in [5, 5.41) is 17.5. The Kier molecular flexibility index (Phi) is 11.1. The number of amidine groups is 2. The van der Waals surface area contributed by atoms with Gasteiger partial charge in [-0.25, -0.2) is 0 Å². The fourth-order valence-electron chi connectivity index (χ4n) is 3.31. The maximum atomic E-state index is 13.2. The van der Waals surface area contributed by atoms with Crippen LogP contribution in [0, 0.1) is 10.8 Å². The van der Waals surface area contributed by atoms with Crippen molar-refractivity contribution < 1.29 is 9.59 Å². The van der Waals surface area contributed by atoms with E-state index < -0.39 is 6.04 Å². The van der Waals surface area contributed by atoms with Crippen LogP contribution in [0.1, 0.15) is 71.6 Å². The molecule has 1 aliphatic carbocycles. The van der Waals surface area contributed by atoms with Crippen LogP contribution in [0.3, 0.4) is 0 Å². The first-order valence-electron chi connectivity index (χ1n) is 10.5. The monoisotopic (exact) mass is 426 g/mol. The topological polar surface area (TPSA) is 149 Å². The quantitative estimate of drug-likeness (QED) is 0.155. The van der Waals surface area contributed by atoms with Crippen LogP contribution in [0.4, 0.5) is 0 Å². The molecule has 0 heterocycles. The van der Waals surface area contributed by atoms with Crippen LogP contribution in [0.15, 0.2) is 0 Å². The van der Waals surface area contributed by atoms with Crippen molar-refractivity contribution in [1.82, 2.24) is 10.2 Å². The predicted octanol–water partition coefficient (Wildman–Crippen LogP) is 2.21. The minimum absolute atomic E-state index is 0.0544. The Balaban J connectivity index is 2.69. The Morgan fingerprint density at radius 2 is 1.59 bits per heavy atom. The molecule has 166 valence electrons. The van der Waals surface area contributed by atoms with E-state index in [1.807, 2.05) is 4.90 Å². The number of rotatable bonds is 15. The third kappa shape index (κ3) is 10.5. The first-order valence-corrected chi connectivity index (χ1v) is 11.5. The number of hydrogen-bond acceptors (Lipinski definition) is 5. The van der Waals surface area contributed by atoms with Crippen molar-refractivity contribution in [3.8, 4) is 0 Å². The van der Waals surface area contributed by atoms with Gasteiger partial charge in [-0.1, -0.05) is 13.3 Å². The molecule has 1 aliphatic rings. The van der Waals surface area contributed by atoms with E-state index in [0.29, 0.717) is 31.7 Å². The molecule has 8 nitrogen and oxygen atoms in total. The molecule has 0 saturated heterocycles. The molecule has 1 rings (SSSR count). The summed E-state index contributed by atoms with van der Waals surface area (Å²) in [4.78, 5) is 26.7. The van der Waals surface area contributed by atoms with Gasteiger partial charge in [-0.3, -0.25) is 20.4 Å². The van der Waals surface area contributed by atoms with Crippen LogP contribution >= 0.6 is 11.8 Å². The Labute approximate surface area is 178 Å². The second-order valence-electron chi connectivity index (χ2n) is 8.16. The molecule has 0 aromatic heterocycles. The lowest BCUT2D eigenvalue weighted by Crippen LogP contribution is -2.50. The van der Waals surface area contributed by atoms with E-state index in [0.717, 1.165) is 38.5 Å². The van der Waals surface area contributed by atoms with Crippen molar-refractivity contribution >= 4 is 35.2 Å². The van der Waals surface area contributed by atoms with Crippen LogP contribution in [0.5, 0.6) is 0 Å². The Hall–Kier alpha value is -1.77. The molecule has 0 aromatic rings. The average Bonchev–Trinajstić information content (AvgIpc) is 2.60. The van der Waals surface area contributed by atoms with Crippen molar-refractivity contribution in [2.75, 3.05) is 18.8 Å². The van der Waals surface area contributed by atoms with Gasteiger partial charge in [0.2, 0.25) is 11.8 Å². The summed E-state index contributed by atoms with van der Waals surface area (Å²) >= 11 is 1.77. The summed E-state index contributed by atoms with van der Waals surface area (Å²) in [6.07, 6.45) is 7.60. The number of amides is 2. The number of nitrogens with one attached hydrogen (secondary N) is 3. The highest BCUT2D eigenvalue weighted by atomic mass is 32.2. The first-order chi connectivity index (χ1) is 13.6. The predicted molar refractivity (Wildman–Crippen MR) is 120 cm³/mol. The van der Waals surface area contributed by atoms with Crippen molar-refractivity contribution in [3.63, 3.8) is 0 Å². The maximum absolute atomic E-state index is 13.2. The summed E-state index contributed by atoms with van der Waals surface area (Å²) in [7, 11) is 0. The highest BCUT2D eigenvalue weighted by molar-refractivity contribution is 8.00. The molecule has 0 bridgehead atoms. The second-order valence-corrected chi connectivity index (χ2v) is 9.77. The van der Waals surface area contributed by atoms with E-state index in [1.54, 1.807) is 11.8 Å². The zero-order chi connectivity index (χ0) is 21.9. The molecule has 0 aliphatic heterocycles. The third-order valence-corrected chi connectivity index (χ3v) is 6.85. The highest BCUT2D eigenvalue weighted by Crippen LogP contribution is 2.43. The van der Waals surface area contributed by atoms with Gasteiger partial charge in [-0.15, -0.1) is 0 Å². The van der Waals surface area contributed by atoms with Gasteiger partial charge in [-0.05, 0) is 38.5 Å². The van der Waals surface area contributed by atoms with Gasteiger partial charge in [0, 0.05) is 43.4 Å². The van der Waals surface area contributed by atoms with Crippen LogP contribution in [-0.4, -0.2) is 58.0 Å². The molecule has 0 unspecified atom stereocenters. The number of carbonyl (C=O) groups is 2. The van der Waals surface area contributed by atoms with Crippen molar-refractivity contribution in [3.05, 3.63) is 0 Å². The lowest BCUT2D eigenvalue weighted by molar-refractivity contribution is -0.135. The van der Waals surface area contributed by atoms with Crippen LogP contribution in [0.2, 0.25) is 0 Å². The third-order valence-electron chi connectivity index (χ3n) is 5.25. The van der Waals surface area contributed by atoms with E-state index in [4.69, 9.17) is 22.3 Å². The van der Waals surface area contributed by atoms with Crippen LogP contribution in [0.25, 0.3) is 0 Å². The standard InChI is InChI=1S/C20H38N6O2S/c1-15(27)25-16(14-29-20(2)10-7-11-20)19(28)26(12-5-3-8-17(21)22)13-6-4-9-18(23)24/h16H,3-14H2,1-2H3,(H3,21,22)(H3,23,24)(H,25,27)/t16-/m1/s1. The van der Waals surface area contributed by atoms with E-state index in [1.165, 1.54) is 13.3 Å².